The Labute approximate surface area is 200 Å². The first-order chi connectivity index (χ1) is 15.6. The summed E-state index contributed by atoms with van der Waals surface area (Å²) >= 11 is 3.58. The number of para-hydroxylation sites is 2. The Morgan fingerprint density at radius 2 is 1.91 bits per heavy atom. The normalized spacial score (nSPS) is 15.5. The monoisotopic (exact) mass is 561 g/mol. The highest BCUT2D eigenvalue weighted by atomic mass is 79.9. The second kappa shape index (κ2) is 9.40. The van der Waals surface area contributed by atoms with Gasteiger partial charge < -0.3 is 24.6 Å². The fourth-order valence-electron chi connectivity index (χ4n) is 3.38. The number of ether oxygens (including phenoxy) is 2. The van der Waals surface area contributed by atoms with Gasteiger partial charge in [-0.2, -0.15) is 8.78 Å². The largest absolute Gasteiger partial charge is 0.488 e. The summed E-state index contributed by atoms with van der Waals surface area (Å²) in [5.41, 5.74) is -3.70. The summed E-state index contributed by atoms with van der Waals surface area (Å²) in [6, 6.07) is 11.3. The Kier molecular flexibility index (Phi) is 6.91. The van der Waals surface area contributed by atoms with Crippen molar-refractivity contribution in [2.24, 2.45) is 0 Å². The number of halogens is 3. The van der Waals surface area contributed by atoms with E-state index in [2.05, 4.69) is 21.2 Å². The lowest BCUT2D eigenvalue weighted by molar-refractivity contribution is 0.0258. The Hall–Kier alpha value is -1.88. The Morgan fingerprint density at radius 1 is 1.21 bits per heavy atom. The molecule has 0 saturated carbocycles. The number of anilines is 1. The number of amides is 1. The smallest absolute Gasteiger partial charge is 0.400 e. The third kappa shape index (κ3) is 4.99. The van der Waals surface area contributed by atoms with Crippen LogP contribution < -0.4 is 10.1 Å². The van der Waals surface area contributed by atoms with Crippen molar-refractivity contribution >= 4 is 56.5 Å². The van der Waals surface area contributed by atoms with Crippen molar-refractivity contribution in [2.45, 2.75) is 24.6 Å². The maximum atomic E-state index is 14.3. The molecule has 1 amide bonds. The maximum Gasteiger partial charge on any atom is 0.400 e. The van der Waals surface area contributed by atoms with Crippen molar-refractivity contribution in [3.63, 3.8) is 0 Å². The number of carbonyl (C=O) groups excluding carboxylic acids is 1. The van der Waals surface area contributed by atoms with Crippen LogP contribution >= 0.6 is 34.9 Å². The van der Waals surface area contributed by atoms with Gasteiger partial charge in [-0.05, 0) is 46.3 Å². The average Bonchev–Trinajstić information content (AvgIpc) is 3.11. The standard InChI is InChI=1S/C21H19BrF2NO6PS/c22-18-14-11-12(5-6-17(14)33-19(18)21(23,24)32(27,28)29)20(26)25-15-3-1-2-4-16(15)31-13-7-9-30-10-8-13/h1-6,11,13H,7-10H2,(H,25,26)(H2,27,28,29). The molecule has 2 aromatic carbocycles. The highest BCUT2D eigenvalue weighted by molar-refractivity contribution is 9.10. The van der Waals surface area contributed by atoms with Crippen LogP contribution in [0.2, 0.25) is 0 Å². The Morgan fingerprint density at radius 3 is 2.61 bits per heavy atom. The molecule has 33 heavy (non-hydrogen) atoms. The molecule has 1 saturated heterocycles. The number of hydrogen-bond donors (Lipinski definition) is 3. The zero-order valence-electron chi connectivity index (χ0n) is 17.0. The minimum Gasteiger partial charge on any atom is -0.488 e. The average molecular weight is 562 g/mol. The predicted octanol–water partition coefficient (Wildman–Crippen LogP) is 5.70. The van der Waals surface area contributed by atoms with Gasteiger partial charge in [-0.25, -0.2) is 0 Å². The third-order valence-electron chi connectivity index (χ3n) is 5.13. The number of hydrogen-bond acceptors (Lipinski definition) is 5. The summed E-state index contributed by atoms with van der Waals surface area (Å²) < 4.78 is 51.4. The molecule has 3 aromatic rings. The molecule has 2 heterocycles. The van der Waals surface area contributed by atoms with Crippen LogP contribution in [0.3, 0.4) is 0 Å². The zero-order chi connectivity index (χ0) is 23.8. The Bertz CT molecular complexity index is 1240. The fraction of sp³-hybridized carbons (Fsp3) is 0.286. The van der Waals surface area contributed by atoms with Gasteiger partial charge in [0.25, 0.3) is 5.91 Å². The lowest BCUT2D eigenvalue weighted by Crippen LogP contribution is -2.26. The number of nitrogens with one attached hydrogen (secondary N) is 1. The molecule has 0 unspecified atom stereocenters. The predicted molar refractivity (Wildman–Crippen MR) is 124 cm³/mol. The van der Waals surface area contributed by atoms with Crippen molar-refractivity contribution in [3.8, 4) is 5.75 Å². The summed E-state index contributed by atoms with van der Waals surface area (Å²) in [6.45, 7) is 1.22. The van der Waals surface area contributed by atoms with Crippen molar-refractivity contribution in [3.05, 3.63) is 57.4 Å². The van der Waals surface area contributed by atoms with E-state index in [1.54, 1.807) is 24.3 Å². The van der Waals surface area contributed by atoms with E-state index in [4.69, 9.17) is 19.3 Å². The van der Waals surface area contributed by atoms with E-state index in [9.17, 15) is 18.1 Å². The number of carbonyl (C=O) groups is 1. The molecule has 0 atom stereocenters. The molecule has 7 nitrogen and oxygen atoms in total. The first-order valence-corrected chi connectivity index (χ1v) is 13.1. The molecule has 1 aliphatic heterocycles. The summed E-state index contributed by atoms with van der Waals surface area (Å²) in [7, 11) is -5.72. The van der Waals surface area contributed by atoms with E-state index in [0.29, 0.717) is 40.7 Å². The lowest BCUT2D eigenvalue weighted by atomic mass is 10.1. The van der Waals surface area contributed by atoms with E-state index < -0.39 is 24.0 Å². The van der Waals surface area contributed by atoms with Crippen molar-refractivity contribution < 1.29 is 37.4 Å². The molecule has 0 radical (unpaired) electrons. The number of alkyl halides is 2. The molecule has 4 rings (SSSR count). The van der Waals surface area contributed by atoms with Gasteiger partial charge in [0, 0.05) is 33.0 Å². The van der Waals surface area contributed by atoms with Crippen LogP contribution in [0.1, 0.15) is 28.1 Å². The van der Waals surface area contributed by atoms with Gasteiger partial charge in [-0.3, -0.25) is 9.36 Å². The Balaban J connectivity index is 1.60. The maximum absolute atomic E-state index is 14.3. The van der Waals surface area contributed by atoms with Crippen LogP contribution in [0.4, 0.5) is 14.5 Å². The number of thiophene rings is 1. The van der Waals surface area contributed by atoms with Crippen LogP contribution in [0.25, 0.3) is 10.1 Å². The van der Waals surface area contributed by atoms with Crippen molar-refractivity contribution in [2.75, 3.05) is 18.5 Å². The van der Waals surface area contributed by atoms with E-state index in [0.717, 1.165) is 12.8 Å². The van der Waals surface area contributed by atoms with Gasteiger partial charge in [-0.15, -0.1) is 11.3 Å². The molecule has 12 heteroatoms. The quantitative estimate of drug-likeness (QED) is 0.333. The fourth-order valence-corrected chi connectivity index (χ4v) is 6.30. The van der Waals surface area contributed by atoms with Crippen LogP contribution in [-0.2, 0) is 15.0 Å². The first kappa shape index (κ1) is 24.3. The highest BCUT2D eigenvalue weighted by Gasteiger charge is 2.53. The van der Waals surface area contributed by atoms with Crippen molar-refractivity contribution in [1.82, 2.24) is 0 Å². The lowest BCUT2D eigenvalue weighted by Gasteiger charge is -2.24. The minimum atomic E-state index is -5.72. The minimum absolute atomic E-state index is 0.0240. The molecule has 0 bridgehead atoms. The molecule has 1 aromatic heterocycles. The van der Waals surface area contributed by atoms with Crippen LogP contribution in [0.15, 0.2) is 46.9 Å². The molecule has 1 fully saturated rings. The van der Waals surface area contributed by atoms with Crippen LogP contribution in [0, 0.1) is 0 Å². The van der Waals surface area contributed by atoms with Gasteiger partial charge in [0.2, 0.25) is 0 Å². The van der Waals surface area contributed by atoms with Crippen molar-refractivity contribution in [1.29, 1.82) is 0 Å². The molecule has 3 N–H and O–H groups in total. The summed E-state index contributed by atoms with van der Waals surface area (Å²) in [5, 5.41) is 3.03. The van der Waals surface area contributed by atoms with E-state index in [-0.39, 0.29) is 21.5 Å². The third-order valence-corrected chi connectivity index (χ3v) is 8.56. The highest BCUT2D eigenvalue weighted by Crippen LogP contribution is 2.62. The number of benzene rings is 2. The molecular weight excluding hydrogens is 543 g/mol. The summed E-state index contributed by atoms with van der Waals surface area (Å²) in [5.74, 6) is 0.0282. The van der Waals surface area contributed by atoms with Gasteiger partial charge in [-0.1, -0.05) is 12.1 Å². The van der Waals surface area contributed by atoms with Gasteiger partial charge in [0.15, 0.2) is 0 Å². The topological polar surface area (TPSA) is 105 Å². The zero-order valence-corrected chi connectivity index (χ0v) is 20.3. The summed E-state index contributed by atoms with van der Waals surface area (Å²) in [6.07, 6.45) is 1.46. The summed E-state index contributed by atoms with van der Waals surface area (Å²) in [4.78, 5) is 30.2. The second-order valence-electron chi connectivity index (χ2n) is 7.42. The molecule has 0 aliphatic carbocycles. The number of rotatable bonds is 6. The van der Waals surface area contributed by atoms with E-state index in [1.807, 2.05) is 0 Å². The van der Waals surface area contributed by atoms with Gasteiger partial charge >= 0.3 is 13.3 Å². The van der Waals surface area contributed by atoms with Gasteiger partial charge in [0.1, 0.15) is 16.7 Å². The van der Waals surface area contributed by atoms with Gasteiger partial charge in [0.05, 0.1) is 18.9 Å². The molecular formula is C21H19BrF2NO6PS. The SMILES string of the molecule is O=C(Nc1ccccc1OC1CCOCC1)c1ccc2sc(C(F)(F)P(=O)(O)O)c(Br)c2c1. The van der Waals surface area contributed by atoms with Crippen LogP contribution in [-0.4, -0.2) is 35.0 Å². The second-order valence-corrected chi connectivity index (χ2v) is 10.9. The first-order valence-electron chi connectivity index (χ1n) is 9.88. The molecule has 1 aliphatic rings. The van der Waals surface area contributed by atoms with E-state index in [1.165, 1.54) is 18.2 Å². The van der Waals surface area contributed by atoms with Crippen LogP contribution in [0.5, 0.6) is 5.75 Å². The number of fused-ring (bicyclic) bond motifs is 1. The molecule has 176 valence electrons. The molecule has 0 spiro atoms. The van der Waals surface area contributed by atoms with E-state index >= 15 is 0 Å².